The Hall–Kier alpha value is -1.58. The van der Waals surface area contributed by atoms with Gasteiger partial charge in [0.2, 0.25) is 6.20 Å². The third-order valence-corrected chi connectivity index (χ3v) is 1.70. The quantitative estimate of drug-likeness (QED) is 0.538. The van der Waals surface area contributed by atoms with Crippen LogP contribution in [-0.2, 0) is 0 Å². The average Bonchev–Trinajstić information content (AvgIpc) is 2.28. The molecule has 0 amide bonds. The van der Waals surface area contributed by atoms with Crippen LogP contribution in [0.2, 0.25) is 0 Å². The fourth-order valence-corrected chi connectivity index (χ4v) is 1.06. The maximum atomic E-state index is 10.0. The highest BCUT2D eigenvalue weighted by Gasteiger charge is 2.00. The number of nitrogens with zero attached hydrogens (tertiary/aromatic N) is 1. The first-order valence-corrected chi connectivity index (χ1v) is 3.57. The molecule has 64 valence electrons. The van der Waals surface area contributed by atoms with E-state index in [2.05, 4.69) is 4.98 Å². The van der Waals surface area contributed by atoms with E-state index in [0.717, 1.165) is 23.0 Å². The van der Waals surface area contributed by atoms with Gasteiger partial charge in [0.25, 0.3) is 0 Å². The molecule has 0 aliphatic heterocycles. The predicted molar refractivity (Wildman–Crippen MR) is 46.3 cm³/mol. The summed E-state index contributed by atoms with van der Waals surface area (Å²) in [6.07, 6.45) is 4.28. The molecule has 1 N–H and O–H groups in total. The van der Waals surface area contributed by atoms with Crippen molar-refractivity contribution in [3.8, 4) is 0 Å². The van der Waals surface area contributed by atoms with Crippen molar-refractivity contribution >= 4 is 6.08 Å². The second-order valence-corrected chi connectivity index (χ2v) is 2.61. The van der Waals surface area contributed by atoms with Gasteiger partial charge in [-0.05, 0) is 19.4 Å². The minimum atomic E-state index is -0.466. The summed E-state index contributed by atoms with van der Waals surface area (Å²) in [5.74, 6) is 0. The molecule has 0 saturated heterocycles. The van der Waals surface area contributed by atoms with Crippen LogP contribution in [-0.4, -0.2) is 9.91 Å². The van der Waals surface area contributed by atoms with Crippen LogP contribution < -0.4 is 0 Å². The van der Waals surface area contributed by atoms with Crippen LogP contribution in [0.5, 0.6) is 0 Å². The minimum absolute atomic E-state index is 0.466. The van der Waals surface area contributed by atoms with Gasteiger partial charge in [-0.15, -0.1) is 0 Å². The molecule has 0 bridgehead atoms. The highest BCUT2D eigenvalue weighted by molar-refractivity contribution is 5.55. The second kappa shape index (κ2) is 3.21. The first kappa shape index (κ1) is 8.52. The van der Waals surface area contributed by atoms with Crippen LogP contribution in [0.1, 0.15) is 16.8 Å². The summed E-state index contributed by atoms with van der Waals surface area (Å²) < 4.78 is 0. The zero-order valence-electron chi connectivity index (χ0n) is 7.00. The minimum Gasteiger partial charge on any atom is -0.364 e. The molecule has 0 aromatic carbocycles. The van der Waals surface area contributed by atoms with Crippen LogP contribution in [0, 0.1) is 24.0 Å². The van der Waals surface area contributed by atoms with Gasteiger partial charge in [-0.1, -0.05) is 0 Å². The van der Waals surface area contributed by atoms with Gasteiger partial charge in [-0.2, -0.15) is 0 Å². The van der Waals surface area contributed by atoms with Crippen LogP contribution in [0.4, 0.5) is 0 Å². The lowest BCUT2D eigenvalue weighted by molar-refractivity contribution is -0.400. The third kappa shape index (κ3) is 1.72. The van der Waals surface area contributed by atoms with Crippen LogP contribution in [0.25, 0.3) is 6.08 Å². The summed E-state index contributed by atoms with van der Waals surface area (Å²) in [6, 6.07) is 0. The Kier molecular flexibility index (Phi) is 2.28. The maximum absolute atomic E-state index is 10.0. The van der Waals surface area contributed by atoms with Crippen LogP contribution in [0.15, 0.2) is 12.4 Å². The Morgan fingerprint density at radius 3 is 2.67 bits per heavy atom. The van der Waals surface area contributed by atoms with Crippen molar-refractivity contribution in [3.63, 3.8) is 0 Å². The van der Waals surface area contributed by atoms with E-state index in [9.17, 15) is 10.1 Å². The number of aromatic amines is 1. The van der Waals surface area contributed by atoms with E-state index in [1.807, 2.05) is 20.0 Å². The lowest BCUT2D eigenvalue weighted by Gasteiger charge is -1.89. The van der Waals surface area contributed by atoms with E-state index in [1.165, 1.54) is 6.08 Å². The molecule has 1 rings (SSSR count). The monoisotopic (exact) mass is 166 g/mol. The first-order valence-electron chi connectivity index (χ1n) is 3.57. The van der Waals surface area contributed by atoms with Crippen LogP contribution in [0.3, 0.4) is 0 Å². The number of nitro groups is 1. The zero-order chi connectivity index (χ0) is 9.14. The molecule has 1 aromatic rings. The summed E-state index contributed by atoms with van der Waals surface area (Å²) in [4.78, 5) is 12.5. The molecule has 4 nitrogen and oxygen atoms in total. The second-order valence-electron chi connectivity index (χ2n) is 2.61. The largest absolute Gasteiger partial charge is 0.364 e. The van der Waals surface area contributed by atoms with Gasteiger partial charge < -0.3 is 4.98 Å². The Balaban J connectivity index is 2.95. The van der Waals surface area contributed by atoms with E-state index >= 15 is 0 Å². The van der Waals surface area contributed by atoms with Crippen molar-refractivity contribution in [2.45, 2.75) is 13.8 Å². The molecule has 4 heteroatoms. The number of aryl methyl sites for hydroxylation is 2. The van der Waals surface area contributed by atoms with Gasteiger partial charge in [0, 0.05) is 23.5 Å². The van der Waals surface area contributed by atoms with Gasteiger partial charge in [0.05, 0.1) is 4.92 Å². The van der Waals surface area contributed by atoms with E-state index in [1.54, 1.807) is 0 Å². The van der Waals surface area contributed by atoms with Crippen molar-refractivity contribution < 1.29 is 4.92 Å². The third-order valence-electron chi connectivity index (χ3n) is 1.70. The molecule has 1 heterocycles. The lowest BCUT2D eigenvalue weighted by atomic mass is 10.2. The number of nitrogens with one attached hydrogen (secondary N) is 1. The molecule has 0 spiro atoms. The van der Waals surface area contributed by atoms with Gasteiger partial charge >= 0.3 is 0 Å². The Bertz CT molecular complexity index is 306. The van der Waals surface area contributed by atoms with E-state index < -0.39 is 4.92 Å². The topological polar surface area (TPSA) is 58.9 Å². The van der Waals surface area contributed by atoms with Crippen molar-refractivity contribution in [3.05, 3.63) is 39.3 Å². The molecule has 0 aliphatic rings. The molecular formula is C8H10N2O2. The predicted octanol–water partition coefficient (Wildman–Crippen LogP) is 1.88. The number of rotatable bonds is 2. The Morgan fingerprint density at radius 2 is 2.25 bits per heavy atom. The normalized spacial score (nSPS) is 10.8. The summed E-state index contributed by atoms with van der Waals surface area (Å²) in [6.45, 7) is 3.79. The molecule has 0 radical (unpaired) electrons. The van der Waals surface area contributed by atoms with E-state index in [4.69, 9.17) is 0 Å². The Morgan fingerprint density at radius 1 is 1.58 bits per heavy atom. The molecule has 1 aromatic heterocycles. The molecule has 0 atom stereocenters. The van der Waals surface area contributed by atoms with E-state index in [0.29, 0.717) is 0 Å². The molecule has 0 unspecified atom stereocenters. The highest BCUT2D eigenvalue weighted by Crippen LogP contribution is 2.13. The molecule has 12 heavy (non-hydrogen) atoms. The fourth-order valence-electron chi connectivity index (χ4n) is 1.06. The van der Waals surface area contributed by atoms with Crippen LogP contribution >= 0.6 is 0 Å². The van der Waals surface area contributed by atoms with Crippen molar-refractivity contribution in [1.29, 1.82) is 0 Å². The molecule has 0 saturated carbocycles. The molecule has 0 fully saturated rings. The summed E-state index contributed by atoms with van der Waals surface area (Å²) >= 11 is 0. The van der Waals surface area contributed by atoms with Crippen molar-refractivity contribution in [1.82, 2.24) is 4.98 Å². The first-order chi connectivity index (χ1) is 5.61. The standard InChI is InChI=1S/C8H10N2O2/c1-6-5-9-7(2)8(6)3-4-10(11)12/h3-5,9H,1-2H3/b4-3+. The van der Waals surface area contributed by atoms with E-state index in [-0.39, 0.29) is 0 Å². The summed E-state index contributed by atoms with van der Waals surface area (Å²) in [5, 5.41) is 10.0. The smallest absolute Gasteiger partial charge is 0.235 e. The van der Waals surface area contributed by atoms with Crippen molar-refractivity contribution in [2.24, 2.45) is 0 Å². The highest BCUT2D eigenvalue weighted by atomic mass is 16.6. The van der Waals surface area contributed by atoms with Gasteiger partial charge in [0.15, 0.2) is 0 Å². The maximum Gasteiger partial charge on any atom is 0.235 e. The molecular weight excluding hydrogens is 156 g/mol. The SMILES string of the molecule is Cc1c[nH]c(C)c1/C=C/[N+](=O)[O-]. The van der Waals surface area contributed by atoms with Crippen molar-refractivity contribution in [2.75, 3.05) is 0 Å². The zero-order valence-corrected chi connectivity index (χ0v) is 7.00. The average molecular weight is 166 g/mol. The number of hydrogen-bond acceptors (Lipinski definition) is 2. The number of H-pyrrole nitrogens is 1. The number of hydrogen-bond donors (Lipinski definition) is 1. The molecule has 0 aliphatic carbocycles. The Labute approximate surface area is 70.1 Å². The summed E-state index contributed by atoms with van der Waals surface area (Å²) in [5.41, 5.74) is 2.86. The van der Waals surface area contributed by atoms with Gasteiger partial charge in [0.1, 0.15) is 0 Å². The van der Waals surface area contributed by atoms with Gasteiger partial charge in [-0.25, -0.2) is 0 Å². The lowest BCUT2D eigenvalue weighted by Crippen LogP contribution is -1.83. The van der Waals surface area contributed by atoms with Gasteiger partial charge in [-0.3, -0.25) is 10.1 Å². The number of aromatic nitrogens is 1. The summed E-state index contributed by atoms with van der Waals surface area (Å²) in [7, 11) is 0. The fraction of sp³-hybridized carbons (Fsp3) is 0.250.